The lowest BCUT2D eigenvalue weighted by atomic mass is 10.1. The normalized spacial score (nSPS) is 34.6. The molecule has 0 spiro atoms. The molecule has 1 saturated carbocycles. The number of terminal acetylenes is 1. The zero-order valence-electron chi connectivity index (χ0n) is 6.02. The third-order valence-electron chi connectivity index (χ3n) is 2.25. The van der Waals surface area contributed by atoms with E-state index in [1.807, 2.05) is 13.8 Å². The maximum atomic E-state index is 10.7. The maximum absolute atomic E-state index is 10.7. The molecular weight excluding hydrogens is 148 g/mol. The van der Waals surface area contributed by atoms with Crippen LogP contribution in [0.1, 0.15) is 13.8 Å². The molecule has 2 atom stereocenters. The van der Waals surface area contributed by atoms with E-state index in [9.17, 15) is 4.79 Å². The Morgan fingerprint density at radius 3 is 2.30 bits per heavy atom. The fourth-order valence-electron chi connectivity index (χ4n) is 1.37. The van der Waals surface area contributed by atoms with E-state index < -0.39 is 0 Å². The van der Waals surface area contributed by atoms with E-state index in [0.717, 1.165) is 0 Å². The van der Waals surface area contributed by atoms with Gasteiger partial charge in [-0.15, -0.1) is 12.3 Å². The monoisotopic (exact) mass is 156 g/mol. The number of carbonyl (C=O) groups excluding carboxylic acids is 1. The van der Waals surface area contributed by atoms with Crippen LogP contribution in [0.3, 0.4) is 0 Å². The predicted octanol–water partition coefficient (Wildman–Crippen LogP) is 1.66. The second-order valence-electron chi connectivity index (χ2n) is 3.25. The van der Waals surface area contributed by atoms with Gasteiger partial charge < -0.3 is 0 Å². The fraction of sp³-hybridized carbons (Fsp3) is 0.625. The lowest BCUT2D eigenvalue weighted by Crippen LogP contribution is -1.96. The molecule has 0 aliphatic heterocycles. The Balaban J connectivity index is 2.73. The summed E-state index contributed by atoms with van der Waals surface area (Å²) in [5.41, 5.74) is -0.0619. The van der Waals surface area contributed by atoms with Gasteiger partial charge in [-0.3, -0.25) is 4.79 Å². The summed E-state index contributed by atoms with van der Waals surface area (Å²) in [5, 5.41) is -0.298. The van der Waals surface area contributed by atoms with Gasteiger partial charge in [0, 0.05) is 5.92 Å². The van der Waals surface area contributed by atoms with Gasteiger partial charge in [0.15, 0.2) is 0 Å². The molecule has 10 heavy (non-hydrogen) atoms. The zero-order valence-corrected chi connectivity index (χ0v) is 6.77. The predicted molar refractivity (Wildman–Crippen MR) is 40.5 cm³/mol. The summed E-state index contributed by atoms with van der Waals surface area (Å²) in [4.78, 5) is 10.7. The summed E-state index contributed by atoms with van der Waals surface area (Å²) in [5.74, 6) is 2.50. The highest BCUT2D eigenvalue weighted by molar-refractivity contribution is 6.64. The summed E-state index contributed by atoms with van der Waals surface area (Å²) in [6.45, 7) is 3.92. The van der Waals surface area contributed by atoms with Crippen LogP contribution in [-0.4, -0.2) is 5.24 Å². The minimum atomic E-state index is -0.298. The van der Waals surface area contributed by atoms with Crippen molar-refractivity contribution < 1.29 is 4.79 Å². The lowest BCUT2D eigenvalue weighted by molar-refractivity contribution is -0.113. The molecule has 0 radical (unpaired) electrons. The molecule has 0 N–H and O–H groups in total. The third-order valence-corrected chi connectivity index (χ3v) is 2.49. The topological polar surface area (TPSA) is 17.1 Å². The first-order valence-corrected chi connectivity index (χ1v) is 3.55. The van der Waals surface area contributed by atoms with Crippen molar-refractivity contribution >= 4 is 16.8 Å². The van der Waals surface area contributed by atoms with Gasteiger partial charge in [0.05, 0.1) is 5.92 Å². The number of hydrogen-bond acceptors (Lipinski definition) is 1. The lowest BCUT2D eigenvalue weighted by Gasteiger charge is -1.94. The van der Waals surface area contributed by atoms with Crippen LogP contribution in [0.2, 0.25) is 0 Å². The Morgan fingerprint density at radius 1 is 1.70 bits per heavy atom. The average Bonchev–Trinajstić information content (AvgIpc) is 2.33. The Morgan fingerprint density at radius 2 is 2.20 bits per heavy atom. The van der Waals surface area contributed by atoms with Crippen molar-refractivity contribution in [2.45, 2.75) is 13.8 Å². The van der Waals surface area contributed by atoms with Crippen LogP contribution < -0.4 is 0 Å². The van der Waals surface area contributed by atoms with Crippen LogP contribution >= 0.6 is 11.6 Å². The molecule has 1 aliphatic rings. The second-order valence-corrected chi connectivity index (χ2v) is 3.62. The number of rotatable bonds is 1. The summed E-state index contributed by atoms with van der Waals surface area (Å²) >= 11 is 5.30. The van der Waals surface area contributed by atoms with Crippen molar-refractivity contribution in [1.29, 1.82) is 0 Å². The largest absolute Gasteiger partial charge is 0.281 e. The highest BCUT2D eigenvalue weighted by atomic mass is 35.5. The first-order valence-electron chi connectivity index (χ1n) is 3.17. The Kier molecular flexibility index (Phi) is 1.53. The first-order chi connectivity index (χ1) is 4.51. The molecule has 0 amide bonds. The van der Waals surface area contributed by atoms with Gasteiger partial charge in [0.1, 0.15) is 0 Å². The minimum Gasteiger partial charge on any atom is -0.281 e. The van der Waals surface area contributed by atoms with Crippen LogP contribution in [0.25, 0.3) is 0 Å². The Hall–Kier alpha value is -0.480. The molecular formula is C8H9ClO. The van der Waals surface area contributed by atoms with Gasteiger partial charge >= 0.3 is 0 Å². The van der Waals surface area contributed by atoms with E-state index in [0.29, 0.717) is 0 Å². The number of hydrogen-bond donors (Lipinski definition) is 0. The maximum Gasteiger partial charge on any atom is 0.226 e. The smallest absolute Gasteiger partial charge is 0.226 e. The van der Waals surface area contributed by atoms with E-state index >= 15 is 0 Å². The molecule has 0 aromatic carbocycles. The standard InChI is InChI=1S/C8H9ClO/c1-4-5-6(7(9)10)8(5,2)3/h1,5-6H,2-3H3/t5-,6-/m0/s1. The van der Waals surface area contributed by atoms with E-state index in [-0.39, 0.29) is 22.5 Å². The van der Waals surface area contributed by atoms with E-state index in [4.69, 9.17) is 18.0 Å². The summed E-state index contributed by atoms with van der Waals surface area (Å²) < 4.78 is 0. The van der Waals surface area contributed by atoms with Crippen molar-refractivity contribution in [1.82, 2.24) is 0 Å². The van der Waals surface area contributed by atoms with Crippen LogP contribution in [-0.2, 0) is 4.79 Å². The molecule has 1 rings (SSSR count). The van der Waals surface area contributed by atoms with E-state index in [1.165, 1.54) is 0 Å². The minimum absolute atomic E-state index is 0.0532. The average molecular weight is 157 g/mol. The summed E-state index contributed by atoms with van der Waals surface area (Å²) in [6, 6.07) is 0. The SMILES string of the molecule is C#C[C@H]1[C@@H](C(=O)Cl)C1(C)C. The molecule has 0 unspecified atom stereocenters. The van der Waals surface area contributed by atoms with Gasteiger partial charge in [-0.1, -0.05) is 13.8 Å². The molecule has 0 aromatic heterocycles. The molecule has 1 nitrogen and oxygen atoms in total. The highest BCUT2D eigenvalue weighted by Gasteiger charge is 2.60. The third kappa shape index (κ3) is 0.839. The number of carbonyl (C=O) groups is 1. The first kappa shape index (κ1) is 7.63. The highest BCUT2D eigenvalue weighted by Crippen LogP contribution is 2.58. The Labute approximate surface area is 65.8 Å². The molecule has 2 heteroatoms. The van der Waals surface area contributed by atoms with Gasteiger partial charge in [-0.2, -0.15) is 0 Å². The number of halogens is 1. The molecule has 0 saturated heterocycles. The van der Waals surface area contributed by atoms with Crippen LogP contribution in [0.4, 0.5) is 0 Å². The molecule has 0 heterocycles. The van der Waals surface area contributed by atoms with Crippen LogP contribution in [0.5, 0.6) is 0 Å². The molecule has 0 bridgehead atoms. The van der Waals surface area contributed by atoms with Crippen LogP contribution in [0.15, 0.2) is 0 Å². The molecule has 1 aliphatic carbocycles. The molecule has 0 aromatic rings. The molecule has 1 fully saturated rings. The zero-order chi connectivity index (χ0) is 7.94. The van der Waals surface area contributed by atoms with Crippen molar-refractivity contribution in [3.05, 3.63) is 0 Å². The van der Waals surface area contributed by atoms with E-state index in [2.05, 4.69) is 5.92 Å². The summed E-state index contributed by atoms with van der Waals surface area (Å²) in [6.07, 6.45) is 5.18. The van der Waals surface area contributed by atoms with Crippen molar-refractivity contribution in [2.75, 3.05) is 0 Å². The summed E-state index contributed by atoms with van der Waals surface area (Å²) in [7, 11) is 0. The second kappa shape index (κ2) is 2.00. The van der Waals surface area contributed by atoms with Gasteiger partial charge in [-0.05, 0) is 17.0 Å². The van der Waals surface area contributed by atoms with Crippen molar-refractivity contribution in [3.8, 4) is 12.3 Å². The van der Waals surface area contributed by atoms with Crippen molar-refractivity contribution in [3.63, 3.8) is 0 Å². The van der Waals surface area contributed by atoms with Gasteiger partial charge in [0.25, 0.3) is 0 Å². The molecule has 54 valence electrons. The van der Waals surface area contributed by atoms with Crippen LogP contribution in [0, 0.1) is 29.6 Å². The van der Waals surface area contributed by atoms with E-state index in [1.54, 1.807) is 0 Å². The quantitative estimate of drug-likeness (QED) is 0.417. The van der Waals surface area contributed by atoms with Gasteiger partial charge in [-0.25, -0.2) is 0 Å². The van der Waals surface area contributed by atoms with Gasteiger partial charge in [0.2, 0.25) is 5.24 Å². The van der Waals surface area contributed by atoms with Crippen molar-refractivity contribution in [2.24, 2.45) is 17.3 Å². The fourth-order valence-corrected chi connectivity index (χ4v) is 1.78. The Bertz CT molecular complexity index is 212.